The number of ketones is 1. The van der Waals surface area contributed by atoms with E-state index in [4.69, 9.17) is 16.9 Å². The van der Waals surface area contributed by atoms with Gasteiger partial charge in [0.25, 0.3) is 0 Å². The summed E-state index contributed by atoms with van der Waals surface area (Å²) in [6.45, 7) is 2.13. The van der Waals surface area contributed by atoms with Crippen molar-refractivity contribution >= 4 is 29.0 Å². The van der Waals surface area contributed by atoms with Crippen LogP contribution >= 0.6 is 11.6 Å². The van der Waals surface area contributed by atoms with E-state index in [1.165, 1.54) is 6.92 Å². The zero-order valence-electron chi connectivity index (χ0n) is 11.2. The van der Waals surface area contributed by atoms with Gasteiger partial charge in [-0.2, -0.15) is 5.26 Å². The van der Waals surface area contributed by atoms with Crippen LogP contribution in [0.2, 0.25) is 5.02 Å². The third-order valence-electron chi connectivity index (χ3n) is 3.54. The summed E-state index contributed by atoms with van der Waals surface area (Å²) in [7, 11) is 0. The first kappa shape index (κ1) is 14.5. The highest BCUT2D eigenvalue weighted by molar-refractivity contribution is 6.30. The molecule has 0 saturated carbocycles. The number of halogens is 1. The number of amides is 1. The van der Waals surface area contributed by atoms with Crippen molar-refractivity contribution in [1.82, 2.24) is 0 Å². The largest absolute Gasteiger partial charge is 0.312 e. The van der Waals surface area contributed by atoms with E-state index in [-0.39, 0.29) is 11.7 Å². The van der Waals surface area contributed by atoms with Crippen molar-refractivity contribution in [3.63, 3.8) is 0 Å². The molecule has 4 nitrogen and oxygen atoms in total. The Hall–Kier alpha value is -1.86. The number of hydrogen-bond acceptors (Lipinski definition) is 3. The monoisotopic (exact) mass is 290 g/mol. The predicted octanol–water partition coefficient (Wildman–Crippen LogP) is 2.81. The first-order valence-electron chi connectivity index (χ1n) is 6.55. The summed E-state index contributed by atoms with van der Waals surface area (Å²) in [5.41, 5.74) is 0.738. The molecule has 0 aliphatic carbocycles. The van der Waals surface area contributed by atoms with Crippen molar-refractivity contribution in [1.29, 1.82) is 5.26 Å². The van der Waals surface area contributed by atoms with E-state index < -0.39 is 11.8 Å². The minimum atomic E-state index is -0.742. The number of hydrogen-bond donors (Lipinski definition) is 0. The van der Waals surface area contributed by atoms with Gasteiger partial charge in [-0.15, -0.1) is 0 Å². The highest BCUT2D eigenvalue weighted by Crippen LogP contribution is 2.27. The fraction of sp³-hybridized carbons (Fsp3) is 0.400. The number of Topliss-reactive ketones (excluding diaryl/α,β-unsaturated/α-hetero) is 1. The van der Waals surface area contributed by atoms with E-state index >= 15 is 0 Å². The molecule has 0 radical (unpaired) electrons. The molecule has 1 aliphatic heterocycles. The lowest BCUT2D eigenvalue weighted by molar-refractivity contribution is -0.135. The highest BCUT2D eigenvalue weighted by atomic mass is 35.5. The molecule has 2 unspecified atom stereocenters. The quantitative estimate of drug-likeness (QED) is 0.804. The smallest absolute Gasteiger partial charge is 0.237 e. The molecular weight excluding hydrogens is 276 g/mol. The van der Waals surface area contributed by atoms with Gasteiger partial charge in [0, 0.05) is 17.3 Å². The van der Waals surface area contributed by atoms with Gasteiger partial charge in [0.2, 0.25) is 5.91 Å². The van der Waals surface area contributed by atoms with Gasteiger partial charge in [-0.05, 0) is 44.0 Å². The van der Waals surface area contributed by atoms with E-state index in [1.807, 2.05) is 6.07 Å². The van der Waals surface area contributed by atoms with Crippen molar-refractivity contribution in [3.05, 3.63) is 29.3 Å². The van der Waals surface area contributed by atoms with E-state index in [9.17, 15) is 9.59 Å². The van der Waals surface area contributed by atoms with Crippen LogP contribution in [0.5, 0.6) is 0 Å². The first-order chi connectivity index (χ1) is 9.54. The normalized spacial score (nSPS) is 20.4. The molecule has 2 atom stereocenters. The summed E-state index contributed by atoms with van der Waals surface area (Å²) < 4.78 is 0. The molecule has 1 aliphatic rings. The Balaban J connectivity index is 2.21. The van der Waals surface area contributed by atoms with E-state index in [1.54, 1.807) is 29.2 Å². The number of nitriles is 1. The Morgan fingerprint density at radius 2 is 2.10 bits per heavy atom. The van der Waals surface area contributed by atoms with Crippen LogP contribution in [0.15, 0.2) is 24.3 Å². The number of rotatable bonds is 3. The van der Waals surface area contributed by atoms with Gasteiger partial charge >= 0.3 is 0 Å². The fourth-order valence-corrected chi connectivity index (χ4v) is 2.51. The third kappa shape index (κ3) is 2.83. The molecule has 1 aromatic rings. The second kappa shape index (κ2) is 6.06. The summed E-state index contributed by atoms with van der Waals surface area (Å²) in [5, 5.41) is 9.43. The lowest BCUT2D eigenvalue weighted by Gasteiger charge is -2.32. The molecule has 2 rings (SSSR count). The van der Waals surface area contributed by atoms with Crippen LogP contribution in [0.4, 0.5) is 5.69 Å². The van der Waals surface area contributed by atoms with Gasteiger partial charge in [0.05, 0.1) is 12.0 Å². The molecular formula is C15H15ClN2O2. The molecule has 0 bridgehead atoms. The molecule has 104 valence electrons. The Labute approximate surface area is 122 Å². The third-order valence-corrected chi connectivity index (χ3v) is 3.79. The number of carbonyl (C=O) groups excluding carboxylic acids is 2. The van der Waals surface area contributed by atoms with Gasteiger partial charge < -0.3 is 4.90 Å². The molecule has 1 aromatic carbocycles. The second-order valence-corrected chi connectivity index (χ2v) is 5.35. The molecule has 5 heteroatoms. The Kier molecular flexibility index (Phi) is 4.41. The minimum absolute atomic E-state index is 0.217. The number of anilines is 1. The van der Waals surface area contributed by atoms with Crippen molar-refractivity contribution in [2.24, 2.45) is 11.8 Å². The zero-order chi connectivity index (χ0) is 14.7. The number of piperidine rings is 1. The zero-order valence-corrected chi connectivity index (χ0v) is 11.9. The van der Waals surface area contributed by atoms with Crippen molar-refractivity contribution in [3.8, 4) is 6.07 Å². The fourth-order valence-electron chi connectivity index (χ4n) is 2.38. The molecule has 1 fully saturated rings. The second-order valence-electron chi connectivity index (χ2n) is 4.91. The molecule has 20 heavy (non-hydrogen) atoms. The Bertz CT molecular complexity index is 562. The molecule has 0 aromatic heterocycles. The van der Waals surface area contributed by atoms with Crippen LogP contribution in [0, 0.1) is 23.2 Å². The topological polar surface area (TPSA) is 61.2 Å². The molecule has 1 amide bonds. The maximum absolute atomic E-state index is 12.4. The van der Waals surface area contributed by atoms with Gasteiger partial charge in [0.15, 0.2) is 5.78 Å². The number of nitrogens with zero attached hydrogens (tertiary/aromatic N) is 2. The summed E-state index contributed by atoms with van der Waals surface area (Å²) in [4.78, 5) is 26.1. The van der Waals surface area contributed by atoms with Crippen molar-refractivity contribution < 1.29 is 9.59 Å². The van der Waals surface area contributed by atoms with E-state index in [2.05, 4.69) is 0 Å². The lowest BCUT2D eigenvalue weighted by Crippen LogP contribution is -2.45. The predicted molar refractivity (Wildman–Crippen MR) is 76.3 cm³/mol. The number of benzene rings is 1. The Morgan fingerprint density at radius 3 is 2.70 bits per heavy atom. The summed E-state index contributed by atoms with van der Waals surface area (Å²) in [5.74, 6) is -1.94. The molecule has 0 N–H and O–H groups in total. The standard InChI is InChI=1S/C15H15ClN2O2/c1-10(9-17)14(19)13-3-2-8-18(15(13)20)12-6-4-11(16)5-7-12/h4-7,10,13H,2-3,8H2,1H3. The van der Waals surface area contributed by atoms with Crippen LogP contribution in [-0.4, -0.2) is 18.2 Å². The summed E-state index contributed by atoms with van der Waals surface area (Å²) in [6.07, 6.45) is 1.27. The maximum atomic E-state index is 12.4. The first-order valence-corrected chi connectivity index (χ1v) is 6.92. The minimum Gasteiger partial charge on any atom is -0.312 e. The maximum Gasteiger partial charge on any atom is 0.237 e. The summed E-state index contributed by atoms with van der Waals surface area (Å²) >= 11 is 5.83. The van der Waals surface area contributed by atoms with Gasteiger partial charge in [-0.3, -0.25) is 9.59 Å². The van der Waals surface area contributed by atoms with Crippen LogP contribution in [0.1, 0.15) is 19.8 Å². The van der Waals surface area contributed by atoms with Gasteiger partial charge in [0.1, 0.15) is 5.92 Å². The molecule has 0 spiro atoms. The number of carbonyl (C=O) groups is 2. The van der Waals surface area contributed by atoms with Crippen molar-refractivity contribution in [2.45, 2.75) is 19.8 Å². The SMILES string of the molecule is CC(C#N)C(=O)C1CCCN(c2ccc(Cl)cc2)C1=O. The molecule has 1 saturated heterocycles. The van der Waals surface area contributed by atoms with Crippen LogP contribution in [0.25, 0.3) is 0 Å². The Morgan fingerprint density at radius 1 is 1.45 bits per heavy atom. The van der Waals surface area contributed by atoms with E-state index in [0.717, 1.165) is 12.1 Å². The van der Waals surface area contributed by atoms with Crippen LogP contribution in [-0.2, 0) is 9.59 Å². The van der Waals surface area contributed by atoms with Crippen molar-refractivity contribution in [2.75, 3.05) is 11.4 Å². The van der Waals surface area contributed by atoms with Gasteiger partial charge in [-0.1, -0.05) is 11.6 Å². The molecule has 1 heterocycles. The van der Waals surface area contributed by atoms with Gasteiger partial charge in [-0.25, -0.2) is 0 Å². The van der Waals surface area contributed by atoms with Crippen LogP contribution in [0.3, 0.4) is 0 Å². The average molecular weight is 291 g/mol. The lowest BCUT2D eigenvalue weighted by atomic mass is 9.87. The van der Waals surface area contributed by atoms with E-state index in [0.29, 0.717) is 18.0 Å². The summed E-state index contributed by atoms with van der Waals surface area (Å²) in [6, 6.07) is 8.87. The highest BCUT2D eigenvalue weighted by Gasteiger charge is 2.36. The van der Waals surface area contributed by atoms with Crippen LogP contribution < -0.4 is 4.90 Å². The average Bonchev–Trinajstić information content (AvgIpc) is 2.47.